The third-order valence-corrected chi connectivity index (χ3v) is 4.24. The third-order valence-electron chi connectivity index (χ3n) is 3.38. The Balaban J connectivity index is 0.00000450. The number of hydrogen-bond donors (Lipinski definition) is 4. The van der Waals surface area contributed by atoms with Crippen molar-refractivity contribution in [3.05, 3.63) is 64.0 Å². The van der Waals surface area contributed by atoms with Gasteiger partial charge in [-0.05, 0) is 19.1 Å². The quantitative estimate of drug-likeness (QED) is 0.122. The second-order valence-electron chi connectivity index (χ2n) is 5.50. The summed E-state index contributed by atoms with van der Waals surface area (Å²) in [6.07, 6.45) is 0. The molecule has 0 aliphatic carbocycles. The van der Waals surface area contributed by atoms with Gasteiger partial charge in [-0.2, -0.15) is 8.42 Å². The Hall–Kier alpha value is -3.31. The minimum Gasteiger partial charge on any atom is -0.510 e. The fraction of sp³-hybridized carbons (Fsp3) is 0.0625. The van der Waals surface area contributed by atoms with Gasteiger partial charge in [0.25, 0.3) is 21.7 Å². The number of amides is 1. The van der Waals surface area contributed by atoms with Crippen molar-refractivity contribution in [2.45, 2.75) is 11.8 Å². The number of aliphatic hydroxyl groups is 1. The summed E-state index contributed by atoms with van der Waals surface area (Å²) in [4.78, 5) is 21.1. The van der Waals surface area contributed by atoms with Crippen LogP contribution in [0.4, 0.5) is 17.1 Å². The molecule has 0 heterocycles. The second kappa shape index (κ2) is 9.94. The third kappa shape index (κ3) is 6.09. The Bertz CT molecular complexity index is 1130. The van der Waals surface area contributed by atoms with Crippen molar-refractivity contribution in [1.82, 2.24) is 0 Å². The molecule has 1 amide bonds. The van der Waals surface area contributed by atoms with Gasteiger partial charge >= 0.3 is 0 Å². The van der Waals surface area contributed by atoms with Crippen molar-refractivity contribution in [1.29, 1.82) is 0 Å². The van der Waals surface area contributed by atoms with Crippen LogP contribution in [0.1, 0.15) is 6.92 Å². The van der Waals surface area contributed by atoms with Crippen LogP contribution in [0.5, 0.6) is 5.75 Å². The molecular formula is C16H14CrN4O8S. The van der Waals surface area contributed by atoms with E-state index in [1.807, 2.05) is 0 Å². The van der Waals surface area contributed by atoms with Gasteiger partial charge in [0.1, 0.15) is 16.3 Å². The summed E-state index contributed by atoms with van der Waals surface area (Å²) in [5.41, 5.74) is -1.77. The average molecular weight is 474 g/mol. The Kier molecular flexibility index (Phi) is 8.20. The maximum absolute atomic E-state index is 12.3. The van der Waals surface area contributed by atoms with E-state index in [4.69, 9.17) is 4.55 Å². The van der Waals surface area contributed by atoms with Gasteiger partial charge in [-0.25, -0.2) is 0 Å². The molecule has 0 atom stereocenters. The summed E-state index contributed by atoms with van der Waals surface area (Å²) in [6, 6.07) is 9.22. The fourth-order valence-electron chi connectivity index (χ4n) is 2.05. The van der Waals surface area contributed by atoms with Crippen LogP contribution in [-0.2, 0) is 32.3 Å². The summed E-state index contributed by atoms with van der Waals surface area (Å²) in [5.74, 6) is -2.58. The first kappa shape index (κ1) is 24.7. The number of benzene rings is 2. The van der Waals surface area contributed by atoms with E-state index in [0.717, 1.165) is 6.92 Å². The standard InChI is InChI=1S/C16H14N4O8S.Cr/c1-9(21)14(16(23)17-10-5-3-2-4-6-10)19-18-12-7-11(20(24)25)8-13(15(12)22)29(26,27)28;/h2-8,21-22H,1H3,(H,17,23)(H,26,27,28);/b14-9-,19-18?;. The summed E-state index contributed by atoms with van der Waals surface area (Å²) in [7, 11) is -5.02. The zero-order chi connectivity index (χ0) is 21.8. The van der Waals surface area contributed by atoms with E-state index in [1.54, 1.807) is 30.3 Å². The Morgan fingerprint density at radius 1 is 1.20 bits per heavy atom. The van der Waals surface area contributed by atoms with Gasteiger partial charge < -0.3 is 15.5 Å². The van der Waals surface area contributed by atoms with E-state index in [2.05, 4.69) is 15.5 Å². The van der Waals surface area contributed by atoms with Gasteiger partial charge in [-0.3, -0.25) is 19.5 Å². The molecule has 2 aromatic carbocycles. The van der Waals surface area contributed by atoms with E-state index in [-0.39, 0.29) is 17.4 Å². The SMILES string of the molecule is C/C(O)=C(/N=Nc1cc([N+](=O)[O-])cc(S(=O)(=O)O)c1O)C(=O)Nc1ccccc1.[Cr]. The molecule has 0 fully saturated rings. The number of carbonyl (C=O) groups is 1. The maximum atomic E-state index is 12.3. The number of para-hydroxylation sites is 1. The number of phenolic OH excluding ortho intramolecular Hbond substituents is 1. The van der Waals surface area contributed by atoms with Crippen molar-refractivity contribution in [2.24, 2.45) is 10.2 Å². The summed E-state index contributed by atoms with van der Waals surface area (Å²) in [5, 5.41) is 39.9. The van der Waals surface area contributed by atoms with Gasteiger partial charge in [-0.1, -0.05) is 18.2 Å². The number of allylic oxidation sites excluding steroid dienone is 1. The van der Waals surface area contributed by atoms with Crippen LogP contribution in [0.15, 0.2) is 69.0 Å². The number of azo groups is 1. The molecule has 14 heteroatoms. The minimum absolute atomic E-state index is 0. The molecule has 0 aromatic heterocycles. The van der Waals surface area contributed by atoms with Crippen LogP contribution in [0, 0.1) is 10.1 Å². The predicted octanol–water partition coefficient (Wildman–Crippen LogP) is 3.06. The zero-order valence-corrected chi connectivity index (χ0v) is 17.2. The predicted molar refractivity (Wildman–Crippen MR) is 99.5 cm³/mol. The molecule has 0 unspecified atom stereocenters. The van der Waals surface area contributed by atoms with E-state index in [1.165, 1.54) is 0 Å². The smallest absolute Gasteiger partial charge is 0.298 e. The van der Waals surface area contributed by atoms with Gasteiger partial charge in [0.05, 0.1) is 4.92 Å². The van der Waals surface area contributed by atoms with E-state index in [9.17, 15) is 33.5 Å². The van der Waals surface area contributed by atoms with Crippen molar-refractivity contribution in [3.63, 3.8) is 0 Å². The number of non-ortho nitro benzene ring substituents is 1. The van der Waals surface area contributed by atoms with Crippen molar-refractivity contribution in [2.75, 3.05) is 5.32 Å². The Labute approximate surface area is 180 Å². The first-order valence-corrected chi connectivity index (χ1v) is 9.11. The van der Waals surface area contributed by atoms with Crippen molar-refractivity contribution < 1.29 is 50.3 Å². The Morgan fingerprint density at radius 2 is 1.80 bits per heavy atom. The van der Waals surface area contributed by atoms with E-state index in [0.29, 0.717) is 17.8 Å². The van der Waals surface area contributed by atoms with Crippen LogP contribution in [0.3, 0.4) is 0 Å². The molecule has 0 aliphatic rings. The average Bonchev–Trinajstić information content (AvgIpc) is 2.62. The number of anilines is 1. The van der Waals surface area contributed by atoms with E-state index >= 15 is 0 Å². The van der Waals surface area contributed by atoms with Crippen molar-refractivity contribution in [3.8, 4) is 5.75 Å². The molecule has 0 aliphatic heterocycles. The number of hydrogen-bond acceptors (Lipinski definition) is 9. The minimum atomic E-state index is -5.02. The van der Waals surface area contributed by atoms with E-state index < -0.39 is 54.4 Å². The van der Waals surface area contributed by atoms with Crippen LogP contribution in [0.25, 0.3) is 0 Å². The van der Waals surface area contributed by atoms with Crippen molar-refractivity contribution >= 4 is 33.1 Å². The molecule has 12 nitrogen and oxygen atoms in total. The summed E-state index contributed by atoms with van der Waals surface area (Å²) < 4.78 is 31.8. The molecule has 4 N–H and O–H groups in total. The number of nitro groups is 1. The van der Waals surface area contributed by atoms with Gasteiger partial charge in [0.2, 0.25) is 0 Å². The first-order chi connectivity index (χ1) is 13.5. The molecule has 0 saturated carbocycles. The first-order valence-electron chi connectivity index (χ1n) is 7.67. The Morgan fingerprint density at radius 3 is 2.30 bits per heavy atom. The molecule has 2 rings (SSSR count). The fourth-order valence-corrected chi connectivity index (χ4v) is 2.67. The van der Waals surface area contributed by atoms with Gasteiger partial charge in [0.15, 0.2) is 11.4 Å². The number of carbonyl (C=O) groups excluding carboxylic acids is 1. The molecule has 158 valence electrons. The summed E-state index contributed by atoms with van der Waals surface area (Å²) >= 11 is 0. The monoisotopic (exact) mass is 474 g/mol. The van der Waals surface area contributed by atoms with Crippen LogP contribution < -0.4 is 5.32 Å². The number of nitrogens with zero attached hydrogens (tertiary/aromatic N) is 3. The normalized spacial score (nSPS) is 12.1. The van der Waals surface area contributed by atoms with Crippen LogP contribution >= 0.6 is 0 Å². The zero-order valence-electron chi connectivity index (χ0n) is 15.1. The molecule has 0 bridgehead atoms. The van der Waals surface area contributed by atoms with Gasteiger partial charge in [-0.15, -0.1) is 10.2 Å². The molecule has 0 radical (unpaired) electrons. The molecule has 0 saturated heterocycles. The van der Waals surface area contributed by atoms with Gasteiger partial charge in [0, 0.05) is 35.2 Å². The molecular weight excluding hydrogens is 460 g/mol. The van der Waals surface area contributed by atoms with Crippen LogP contribution in [0.2, 0.25) is 0 Å². The number of nitrogens with one attached hydrogen (secondary N) is 1. The number of rotatable bonds is 6. The molecule has 2 aromatic rings. The number of phenols is 1. The van der Waals surface area contributed by atoms with Crippen LogP contribution in [-0.4, -0.2) is 34.0 Å². The molecule has 0 spiro atoms. The molecule has 30 heavy (non-hydrogen) atoms. The number of nitro benzene ring substituents is 1. The number of aromatic hydroxyl groups is 1. The topological polar surface area (TPSA) is 192 Å². The maximum Gasteiger partial charge on any atom is 0.298 e. The number of aliphatic hydroxyl groups excluding tert-OH is 1. The second-order valence-corrected chi connectivity index (χ2v) is 6.89. The largest absolute Gasteiger partial charge is 0.510 e. The summed E-state index contributed by atoms with van der Waals surface area (Å²) in [6.45, 7) is 1.12.